The molecular weight excluding hydrogens is 494 g/mol. The van der Waals surface area contributed by atoms with Gasteiger partial charge in [-0.05, 0) is 71.0 Å². The van der Waals surface area contributed by atoms with E-state index >= 15 is 0 Å². The van der Waals surface area contributed by atoms with Crippen LogP contribution in [0.1, 0.15) is 64.1 Å². The summed E-state index contributed by atoms with van der Waals surface area (Å²) in [6.07, 6.45) is 1.59. The second-order valence-corrected chi connectivity index (χ2v) is 10.5. The molecule has 0 unspecified atom stereocenters. The van der Waals surface area contributed by atoms with E-state index in [9.17, 15) is 14.4 Å². The van der Waals surface area contributed by atoms with Gasteiger partial charge in [0.05, 0.1) is 22.5 Å². The first kappa shape index (κ1) is 25.7. The van der Waals surface area contributed by atoms with Crippen LogP contribution in [0.25, 0.3) is 5.57 Å². The summed E-state index contributed by atoms with van der Waals surface area (Å²) in [5.41, 5.74) is 4.57. The van der Waals surface area contributed by atoms with Crippen LogP contribution in [0.3, 0.4) is 0 Å². The van der Waals surface area contributed by atoms with Crippen LogP contribution in [0.5, 0.6) is 0 Å². The smallest absolute Gasteiger partial charge is 0.273 e. The van der Waals surface area contributed by atoms with Crippen LogP contribution < -0.4 is 16.0 Å². The highest BCUT2D eigenvalue weighted by atomic mass is 16.2. The summed E-state index contributed by atoms with van der Waals surface area (Å²) >= 11 is 0. The van der Waals surface area contributed by atoms with Gasteiger partial charge >= 0.3 is 0 Å². The van der Waals surface area contributed by atoms with Crippen molar-refractivity contribution in [1.82, 2.24) is 20.0 Å². The zero-order chi connectivity index (χ0) is 27.9. The first-order valence-electron chi connectivity index (χ1n) is 12.5. The van der Waals surface area contributed by atoms with E-state index in [1.165, 1.54) is 0 Å². The molecule has 10 heteroatoms. The minimum absolute atomic E-state index is 0.236. The number of carbonyl (C=O) groups is 3. The zero-order valence-corrected chi connectivity index (χ0v) is 22.3. The van der Waals surface area contributed by atoms with Crippen LogP contribution in [0.4, 0.5) is 17.2 Å². The number of amides is 2. The molecule has 198 valence electrons. The van der Waals surface area contributed by atoms with Crippen molar-refractivity contribution < 1.29 is 14.4 Å². The van der Waals surface area contributed by atoms with Crippen LogP contribution in [0.15, 0.2) is 60.8 Å². The van der Waals surface area contributed by atoms with Gasteiger partial charge in [0.2, 0.25) is 0 Å². The van der Waals surface area contributed by atoms with E-state index in [1.54, 1.807) is 59.4 Å². The van der Waals surface area contributed by atoms with Gasteiger partial charge in [-0.2, -0.15) is 10.2 Å². The molecular formula is C29H29N7O3. The summed E-state index contributed by atoms with van der Waals surface area (Å²) in [4.78, 5) is 39.1. The minimum atomic E-state index is -0.372. The predicted molar refractivity (Wildman–Crippen MR) is 150 cm³/mol. The van der Waals surface area contributed by atoms with E-state index in [1.807, 2.05) is 40.7 Å². The van der Waals surface area contributed by atoms with Crippen molar-refractivity contribution in [2.75, 3.05) is 16.0 Å². The highest BCUT2D eigenvalue weighted by molar-refractivity contribution is 6.32. The molecule has 0 aliphatic carbocycles. The minimum Gasteiger partial charge on any atom is -0.346 e. The van der Waals surface area contributed by atoms with Crippen molar-refractivity contribution in [2.45, 2.75) is 40.2 Å². The van der Waals surface area contributed by atoms with E-state index in [0.29, 0.717) is 45.2 Å². The monoisotopic (exact) mass is 523 g/mol. The molecule has 2 amide bonds. The van der Waals surface area contributed by atoms with E-state index in [0.717, 1.165) is 11.4 Å². The Morgan fingerprint density at radius 3 is 2.46 bits per heavy atom. The van der Waals surface area contributed by atoms with Gasteiger partial charge in [0, 0.05) is 40.3 Å². The van der Waals surface area contributed by atoms with Gasteiger partial charge in [0.15, 0.2) is 5.78 Å². The highest BCUT2D eigenvalue weighted by Crippen LogP contribution is 2.33. The third-order valence-electron chi connectivity index (χ3n) is 6.22. The molecule has 2 aromatic carbocycles. The molecule has 39 heavy (non-hydrogen) atoms. The highest BCUT2D eigenvalue weighted by Gasteiger charge is 2.26. The Hall–Kier alpha value is -4.99. The first-order chi connectivity index (χ1) is 18.5. The Kier molecular flexibility index (Phi) is 6.39. The average Bonchev–Trinajstić information content (AvgIpc) is 3.58. The fourth-order valence-corrected chi connectivity index (χ4v) is 4.39. The van der Waals surface area contributed by atoms with Gasteiger partial charge in [0.25, 0.3) is 11.8 Å². The number of H-pyrrole nitrogens is 1. The molecule has 10 nitrogen and oxygen atoms in total. The van der Waals surface area contributed by atoms with Gasteiger partial charge in [-0.15, -0.1) is 0 Å². The number of nitrogens with one attached hydrogen (secondary N) is 4. The van der Waals surface area contributed by atoms with E-state index < -0.39 is 0 Å². The molecule has 5 rings (SSSR count). The molecule has 3 heterocycles. The summed E-state index contributed by atoms with van der Waals surface area (Å²) in [7, 11) is 0. The van der Waals surface area contributed by atoms with Crippen molar-refractivity contribution in [3.8, 4) is 0 Å². The molecule has 2 aromatic heterocycles. The van der Waals surface area contributed by atoms with Crippen molar-refractivity contribution in [3.63, 3.8) is 0 Å². The van der Waals surface area contributed by atoms with Crippen molar-refractivity contribution in [3.05, 3.63) is 94.6 Å². The third kappa shape index (κ3) is 5.22. The Balaban J connectivity index is 1.38. The summed E-state index contributed by atoms with van der Waals surface area (Å²) in [5.74, 6) is -0.173. The maximum atomic E-state index is 13.4. The fraction of sp³-hybridized carbons (Fsp3) is 0.207. The molecule has 1 aliphatic rings. The molecule has 0 fully saturated rings. The van der Waals surface area contributed by atoms with Crippen LogP contribution in [0, 0.1) is 13.8 Å². The number of nitrogens with zero attached hydrogens (tertiary/aromatic N) is 3. The molecule has 0 bridgehead atoms. The maximum Gasteiger partial charge on any atom is 0.273 e. The lowest BCUT2D eigenvalue weighted by atomic mass is 9.98. The van der Waals surface area contributed by atoms with Crippen LogP contribution in [-0.4, -0.2) is 37.6 Å². The van der Waals surface area contributed by atoms with E-state index in [4.69, 9.17) is 0 Å². The molecule has 1 aliphatic heterocycles. The lowest BCUT2D eigenvalue weighted by Crippen LogP contribution is -2.29. The third-order valence-corrected chi connectivity index (χ3v) is 6.22. The number of carbonyl (C=O) groups excluding carboxylic acids is 3. The van der Waals surface area contributed by atoms with Gasteiger partial charge in [-0.3, -0.25) is 24.2 Å². The Morgan fingerprint density at radius 2 is 1.74 bits per heavy atom. The number of aromatic amines is 1. The lowest BCUT2D eigenvalue weighted by Gasteiger charge is -2.22. The molecule has 0 saturated heterocycles. The molecule has 0 spiro atoms. The molecule has 0 atom stereocenters. The van der Waals surface area contributed by atoms with Crippen molar-refractivity contribution in [2.24, 2.45) is 0 Å². The van der Waals surface area contributed by atoms with Gasteiger partial charge in [-0.1, -0.05) is 12.1 Å². The number of benzene rings is 2. The standard InChI is InChI=1S/C29H29N7O3/c1-16-12-25(34-33-16)30-15-22-21-14-19(9-10-23(21)32-27(22)38)26(37)18-7-6-8-20(13-18)31-28(39)24-11-17(2)35-36(24)29(3,4)5/h6-15H,1-5H3,(H,31,39)(H,32,38)(H2,30,33,34)/b22-15-. The Bertz CT molecular complexity index is 1650. The van der Waals surface area contributed by atoms with Crippen LogP contribution >= 0.6 is 0 Å². The maximum absolute atomic E-state index is 13.4. The van der Waals surface area contributed by atoms with E-state index in [-0.39, 0.29) is 23.1 Å². The van der Waals surface area contributed by atoms with Gasteiger partial charge < -0.3 is 16.0 Å². The molecule has 0 radical (unpaired) electrons. The zero-order valence-electron chi connectivity index (χ0n) is 22.3. The normalized spacial score (nSPS) is 13.8. The largest absolute Gasteiger partial charge is 0.346 e. The topological polar surface area (TPSA) is 134 Å². The summed E-state index contributed by atoms with van der Waals surface area (Å²) < 4.78 is 1.69. The summed E-state index contributed by atoms with van der Waals surface area (Å²) in [6.45, 7) is 9.62. The first-order valence-corrected chi connectivity index (χ1v) is 12.5. The van der Waals surface area contributed by atoms with E-state index in [2.05, 4.69) is 31.2 Å². The number of anilines is 3. The fourth-order valence-electron chi connectivity index (χ4n) is 4.39. The number of hydrogen-bond acceptors (Lipinski definition) is 6. The van der Waals surface area contributed by atoms with Crippen LogP contribution in [0.2, 0.25) is 0 Å². The number of fused-ring (bicyclic) bond motifs is 1. The predicted octanol–water partition coefficient (Wildman–Crippen LogP) is 4.87. The summed E-state index contributed by atoms with van der Waals surface area (Å²) in [5, 5.41) is 20.1. The van der Waals surface area contributed by atoms with Crippen LogP contribution in [-0.2, 0) is 10.3 Å². The number of aromatic nitrogens is 4. The Morgan fingerprint density at radius 1 is 0.974 bits per heavy atom. The quantitative estimate of drug-likeness (QED) is 0.211. The van der Waals surface area contributed by atoms with Crippen molar-refractivity contribution in [1.29, 1.82) is 0 Å². The lowest BCUT2D eigenvalue weighted by molar-refractivity contribution is -0.110. The number of hydrogen-bond donors (Lipinski definition) is 4. The number of ketones is 1. The molecule has 4 N–H and O–H groups in total. The number of aryl methyl sites for hydroxylation is 2. The molecule has 4 aromatic rings. The summed E-state index contributed by atoms with van der Waals surface area (Å²) in [6, 6.07) is 15.4. The van der Waals surface area contributed by atoms with Gasteiger partial charge in [0.1, 0.15) is 11.5 Å². The average molecular weight is 524 g/mol. The SMILES string of the molecule is Cc1cc(N/C=C2\C(=O)Nc3ccc(C(=O)c4cccc(NC(=O)c5cc(C)nn5C(C)(C)C)c4)cc32)[nH]n1. The number of rotatable bonds is 6. The second kappa shape index (κ2) is 9.71. The second-order valence-electron chi connectivity index (χ2n) is 10.5. The van der Waals surface area contributed by atoms with Crippen molar-refractivity contribution >= 4 is 40.4 Å². The van der Waals surface area contributed by atoms with Gasteiger partial charge in [-0.25, -0.2) is 0 Å². The molecule has 0 saturated carbocycles. The Labute approximate surface area is 225 Å².